The van der Waals surface area contributed by atoms with E-state index < -0.39 is 10.0 Å². The number of anilines is 2. The normalized spacial score (nSPS) is 19.0. The summed E-state index contributed by atoms with van der Waals surface area (Å²) in [7, 11) is -3.36. The van der Waals surface area contributed by atoms with Gasteiger partial charge in [-0.05, 0) is 67.2 Å². The van der Waals surface area contributed by atoms with Gasteiger partial charge in [0, 0.05) is 16.8 Å². The van der Waals surface area contributed by atoms with Gasteiger partial charge in [-0.15, -0.1) is 11.3 Å². The van der Waals surface area contributed by atoms with Gasteiger partial charge in [0.15, 0.2) is 5.11 Å². The largest absolute Gasteiger partial charge is 0.351 e. The van der Waals surface area contributed by atoms with E-state index >= 15 is 0 Å². The van der Waals surface area contributed by atoms with Gasteiger partial charge in [0.2, 0.25) is 10.0 Å². The molecule has 2 N–H and O–H groups in total. The summed E-state index contributed by atoms with van der Waals surface area (Å²) in [6, 6.07) is 14.9. The summed E-state index contributed by atoms with van der Waals surface area (Å²) in [5, 5.41) is 3.97. The molecule has 0 bridgehead atoms. The maximum atomic E-state index is 11.6. The summed E-state index contributed by atoms with van der Waals surface area (Å²) >= 11 is 13.4. The number of pyridine rings is 1. The minimum atomic E-state index is -3.36. The Morgan fingerprint density at radius 2 is 2.03 bits per heavy atom. The highest BCUT2D eigenvalue weighted by molar-refractivity contribution is 7.92. The van der Waals surface area contributed by atoms with Crippen LogP contribution in [0.2, 0.25) is 4.34 Å². The second-order valence-corrected chi connectivity index (χ2v) is 10.9. The highest BCUT2D eigenvalue weighted by atomic mass is 35.5. The number of aromatic nitrogens is 1. The number of benzene rings is 1. The topological polar surface area (TPSA) is 74.3 Å². The van der Waals surface area contributed by atoms with Crippen LogP contribution in [0.5, 0.6) is 0 Å². The third-order valence-electron chi connectivity index (χ3n) is 4.77. The van der Waals surface area contributed by atoms with Gasteiger partial charge in [-0.1, -0.05) is 17.7 Å². The summed E-state index contributed by atoms with van der Waals surface area (Å²) in [4.78, 5) is 7.61. The third kappa shape index (κ3) is 4.29. The molecule has 156 valence electrons. The first-order valence-electron chi connectivity index (χ1n) is 9.07. The van der Waals surface area contributed by atoms with Crippen molar-refractivity contribution in [3.8, 4) is 0 Å². The predicted molar refractivity (Wildman–Crippen MR) is 127 cm³/mol. The molecule has 30 heavy (non-hydrogen) atoms. The van der Waals surface area contributed by atoms with Crippen LogP contribution in [0.4, 0.5) is 11.4 Å². The van der Waals surface area contributed by atoms with Crippen molar-refractivity contribution >= 4 is 61.7 Å². The van der Waals surface area contributed by atoms with Crippen molar-refractivity contribution in [3.05, 3.63) is 75.2 Å². The quantitative estimate of drug-likeness (QED) is 0.520. The monoisotopic (exact) mass is 478 g/mol. The number of rotatable bonds is 5. The molecule has 0 amide bonds. The standard InChI is InChI=1S/C20H19ClN4O2S3/c1-12-11-13(6-7-14(12)24-30(2,26)27)25-19(16-8-9-17(21)29-16)18(23-20(25)28)15-5-3-4-10-22-15/h3-11,18-19,24H,1-2H3,(H,23,28)/t18-,19+/m0/s1. The third-order valence-corrected chi connectivity index (χ3v) is 6.97. The number of hydrogen-bond acceptors (Lipinski definition) is 5. The Labute approximate surface area is 190 Å². The summed E-state index contributed by atoms with van der Waals surface area (Å²) < 4.78 is 26.5. The lowest BCUT2D eigenvalue weighted by atomic mass is 10.0. The molecule has 0 aliphatic carbocycles. The fraction of sp³-hybridized carbons (Fsp3) is 0.200. The van der Waals surface area contributed by atoms with E-state index in [1.807, 2.05) is 54.3 Å². The SMILES string of the molecule is Cc1cc(N2C(=S)N[C@@H](c3ccccn3)[C@H]2c2ccc(Cl)s2)ccc1NS(C)(=O)=O. The van der Waals surface area contributed by atoms with Crippen LogP contribution in [0.25, 0.3) is 0 Å². The first kappa shape index (κ1) is 21.0. The van der Waals surface area contributed by atoms with Crippen LogP contribution in [0.3, 0.4) is 0 Å². The molecule has 0 radical (unpaired) electrons. The summed E-state index contributed by atoms with van der Waals surface area (Å²) in [6.07, 6.45) is 2.89. The van der Waals surface area contributed by atoms with Gasteiger partial charge >= 0.3 is 0 Å². The smallest absolute Gasteiger partial charge is 0.229 e. The Morgan fingerprint density at radius 3 is 2.63 bits per heavy atom. The van der Waals surface area contributed by atoms with E-state index in [9.17, 15) is 8.42 Å². The average molecular weight is 479 g/mol. The number of halogens is 1. The molecule has 2 aromatic heterocycles. The number of nitrogens with one attached hydrogen (secondary N) is 2. The van der Waals surface area contributed by atoms with Crippen molar-refractivity contribution in [1.82, 2.24) is 10.3 Å². The van der Waals surface area contributed by atoms with Crippen LogP contribution >= 0.6 is 35.2 Å². The zero-order valence-corrected chi connectivity index (χ0v) is 19.4. The highest BCUT2D eigenvalue weighted by Gasteiger charge is 2.41. The molecule has 0 unspecified atom stereocenters. The van der Waals surface area contributed by atoms with Gasteiger partial charge in [-0.25, -0.2) is 8.42 Å². The molecule has 4 rings (SSSR count). The Kier molecular flexibility index (Phi) is 5.71. The second kappa shape index (κ2) is 8.14. The van der Waals surface area contributed by atoms with E-state index in [0.717, 1.165) is 28.1 Å². The number of thiocarbonyl (C=S) groups is 1. The summed E-state index contributed by atoms with van der Waals surface area (Å²) in [6.45, 7) is 1.86. The van der Waals surface area contributed by atoms with Crippen LogP contribution in [0.15, 0.2) is 54.7 Å². The van der Waals surface area contributed by atoms with Gasteiger partial charge in [0.25, 0.3) is 0 Å². The number of sulfonamides is 1. The van der Waals surface area contributed by atoms with E-state index in [0.29, 0.717) is 15.1 Å². The molecule has 0 saturated carbocycles. The Balaban J connectivity index is 1.77. The molecule has 6 nitrogen and oxygen atoms in total. The van der Waals surface area contributed by atoms with Crippen molar-refractivity contribution in [2.45, 2.75) is 19.0 Å². The van der Waals surface area contributed by atoms with Gasteiger partial charge in [0.1, 0.15) is 0 Å². The average Bonchev–Trinajstić information content (AvgIpc) is 3.26. The predicted octanol–water partition coefficient (Wildman–Crippen LogP) is 4.65. The maximum absolute atomic E-state index is 11.6. The lowest BCUT2D eigenvalue weighted by Gasteiger charge is -2.27. The summed E-state index contributed by atoms with van der Waals surface area (Å²) in [5.41, 5.74) is 3.07. The van der Waals surface area contributed by atoms with Gasteiger partial charge in [-0.2, -0.15) is 0 Å². The van der Waals surface area contributed by atoms with Crippen LogP contribution in [-0.2, 0) is 10.0 Å². The van der Waals surface area contributed by atoms with Crippen molar-refractivity contribution in [1.29, 1.82) is 0 Å². The Bertz CT molecular complexity index is 1200. The summed E-state index contributed by atoms with van der Waals surface area (Å²) in [5.74, 6) is 0. The van der Waals surface area contributed by atoms with E-state index in [-0.39, 0.29) is 12.1 Å². The fourth-order valence-electron chi connectivity index (χ4n) is 3.52. The molecule has 1 aromatic carbocycles. The molecule has 1 fully saturated rings. The van der Waals surface area contributed by atoms with E-state index in [1.54, 1.807) is 12.3 Å². The van der Waals surface area contributed by atoms with Crippen LogP contribution in [0, 0.1) is 6.92 Å². The van der Waals surface area contributed by atoms with Crippen LogP contribution < -0.4 is 14.9 Å². The molecule has 3 heterocycles. The molecular weight excluding hydrogens is 460 g/mol. The minimum Gasteiger partial charge on any atom is -0.351 e. The highest BCUT2D eigenvalue weighted by Crippen LogP contribution is 2.44. The van der Waals surface area contributed by atoms with Gasteiger partial charge in [-0.3, -0.25) is 9.71 Å². The van der Waals surface area contributed by atoms with Crippen molar-refractivity contribution in [2.24, 2.45) is 0 Å². The van der Waals surface area contributed by atoms with Crippen molar-refractivity contribution in [2.75, 3.05) is 15.9 Å². The first-order chi connectivity index (χ1) is 14.2. The number of thiophene rings is 1. The zero-order chi connectivity index (χ0) is 21.5. The molecule has 0 spiro atoms. The molecule has 10 heteroatoms. The van der Waals surface area contributed by atoms with E-state index in [2.05, 4.69) is 15.0 Å². The van der Waals surface area contributed by atoms with Crippen molar-refractivity contribution in [3.63, 3.8) is 0 Å². The van der Waals surface area contributed by atoms with E-state index in [1.165, 1.54) is 11.3 Å². The maximum Gasteiger partial charge on any atom is 0.229 e. The van der Waals surface area contributed by atoms with Gasteiger partial charge < -0.3 is 10.2 Å². The number of hydrogen-bond donors (Lipinski definition) is 2. The second-order valence-electron chi connectivity index (χ2n) is 7.01. The van der Waals surface area contributed by atoms with Crippen LogP contribution in [0.1, 0.15) is 28.2 Å². The van der Waals surface area contributed by atoms with E-state index in [4.69, 9.17) is 23.8 Å². The molecular formula is C20H19ClN4O2S3. The number of nitrogens with zero attached hydrogens (tertiary/aromatic N) is 2. The lowest BCUT2D eigenvalue weighted by Crippen LogP contribution is -2.29. The van der Waals surface area contributed by atoms with Gasteiger partial charge in [0.05, 0.1) is 34.1 Å². The lowest BCUT2D eigenvalue weighted by molar-refractivity contribution is 0.575. The Hall–Kier alpha value is -2.20. The molecule has 2 atom stereocenters. The molecule has 3 aromatic rings. The molecule has 1 saturated heterocycles. The fourth-order valence-corrected chi connectivity index (χ4v) is 5.69. The number of aryl methyl sites for hydroxylation is 1. The molecule has 1 aliphatic rings. The van der Waals surface area contributed by atoms with Crippen LogP contribution in [-0.4, -0.2) is 24.8 Å². The first-order valence-corrected chi connectivity index (χ1v) is 12.6. The zero-order valence-electron chi connectivity index (χ0n) is 16.2. The minimum absolute atomic E-state index is 0.141. The van der Waals surface area contributed by atoms with Crippen molar-refractivity contribution < 1.29 is 8.42 Å². The molecule has 1 aliphatic heterocycles. The Morgan fingerprint density at radius 1 is 1.23 bits per heavy atom.